The average Bonchev–Trinajstić information content (AvgIpc) is 3.12. The number of aromatic nitrogens is 1. The van der Waals surface area contributed by atoms with Crippen molar-refractivity contribution in [1.29, 1.82) is 0 Å². The summed E-state index contributed by atoms with van der Waals surface area (Å²) < 4.78 is 1.19. The topological polar surface area (TPSA) is 45.2 Å². The summed E-state index contributed by atoms with van der Waals surface area (Å²) in [6, 6.07) is 15.7. The van der Waals surface area contributed by atoms with Crippen LogP contribution in [-0.4, -0.2) is 24.0 Å². The number of hydrogen-bond donors (Lipinski definition) is 1. The van der Waals surface area contributed by atoms with Gasteiger partial charge in [-0.1, -0.05) is 47.2 Å². The molecule has 1 N–H and O–H groups in total. The van der Waals surface area contributed by atoms with Crippen LogP contribution in [-0.2, 0) is 11.3 Å². The monoisotopic (exact) mass is 385 g/mol. The van der Waals surface area contributed by atoms with Crippen molar-refractivity contribution in [2.24, 2.45) is 5.92 Å². The van der Waals surface area contributed by atoms with Crippen LogP contribution in [0.15, 0.2) is 48.5 Å². The molecule has 0 aliphatic carbocycles. The fourth-order valence-electron chi connectivity index (χ4n) is 3.30. The number of para-hydroxylation sites is 1. The van der Waals surface area contributed by atoms with Crippen LogP contribution in [0.2, 0.25) is 5.02 Å². The van der Waals surface area contributed by atoms with Crippen LogP contribution in [0.4, 0.5) is 5.13 Å². The van der Waals surface area contributed by atoms with Gasteiger partial charge in [-0.05, 0) is 42.7 Å². The minimum atomic E-state index is 0.00284. The molecule has 1 saturated heterocycles. The number of amides is 1. The maximum Gasteiger partial charge on any atom is 0.225 e. The molecule has 1 amide bonds. The van der Waals surface area contributed by atoms with Gasteiger partial charge in [-0.15, -0.1) is 0 Å². The van der Waals surface area contributed by atoms with Gasteiger partial charge in [-0.25, -0.2) is 4.98 Å². The van der Waals surface area contributed by atoms with Crippen molar-refractivity contribution >= 4 is 44.2 Å². The molecule has 134 valence electrons. The van der Waals surface area contributed by atoms with E-state index in [0.717, 1.165) is 42.1 Å². The van der Waals surface area contributed by atoms with Gasteiger partial charge >= 0.3 is 0 Å². The molecule has 26 heavy (non-hydrogen) atoms. The lowest BCUT2D eigenvalue weighted by Gasteiger charge is -2.31. The highest BCUT2D eigenvalue weighted by Crippen LogP contribution is 2.31. The number of benzene rings is 2. The Bertz CT molecular complexity index is 876. The van der Waals surface area contributed by atoms with Gasteiger partial charge in [-0.3, -0.25) is 4.79 Å². The highest BCUT2D eigenvalue weighted by Gasteiger charge is 2.27. The molecule has 0 spiro atoms. The third-order valence-electron chi connectivity index (χ3n) is 4.73. The summed E-state index contributed by atoms with van der Waals surface area (Å²) in [6.45, 7) is 2.22. The standard InChI is InChI=1S/C20H20ClN3OS/c21-16-9-7-14(8-10-16)12-22-19(25)15-4-3-11-24(13-15)20-23-17-5-1-2-6-18(17)26-20/h1-2,5-10,15H,3-4,11-13H2,(H,22,25)/t15-/m1/s1. The summed E-state index contributed by atoms with van der Waals surface area (Å²) in [5.74, 6) is 0.119. The van der Waals surface area contributed by atoms with E-state index in [2.05, 4.69) is 16.3 Å². The molecule has 4 nitrogen and oxygen atoms in total. The summed E-state index contributed by atoms with van der Waals surface area (Å²) in [6.07, 6.45) is 1.93. The third-order valence-corrected chi connectivity index (χ3v) is 6.07. The van der Waals surface area contributed by atoms with Crippen LogP contribution in [0.1, 0.15) is 18.4 Å². The number of carbonyl (C=O) groups excluding carboxylic acids is 1. The Morgan fingerprint density at radius 1 is 1.23 bits per heavy atom. The van der Waals surface area contributed by atoms with Crippen molar-refractivity contribution in [3.05, 3.63) is 59.1 Å². The molecular formula is C20H20ClN3OS. The molecule has 2 heterocycles. The predicted molar refractivity (Wildman–Crippen MR) is 108 cm³/mol. The maximum absolute atomic E-state index is 12.6. The van der Waals surface area contributed by atoms with Crippen molar-refractivity contribution in [3.8, 4) is 0 Å². The number of anilines is 1. The molecule has 0 unspecified atom stereocenters. The smallest absolute Gasteiger partial charge is 0.225 e. The first-order chi connectivity index (χ1) is 12.7. The van der Waals surface area contributed by atoms with Gasteiger partial charge in [0.1, 0.15) is 0 Å². The Kier molecular flexibility index (Phi) is 5.09. The SMILES string of the molecule is O=C(NCc1ccc(Cl)cc1)[C@@H]1CCCN(c2nc3ccccc3s2)C1. The second kappa shape index (κ2) is 7.64. The van der Waals surface area contributed by atoms with E-state index < -0.39 is 0 Å². The Hall–Kier alpha value is -2.11. The van der Waals surface area contributed by atoms with E-state index >= 15 is 0 Å². The number of nitrogens with zero attached hydrogens (tertiary/aromatic N) is 2. The van der Waals surface area contributed by atoms with Gasteiger partial charge in [0.15, 0.2) is 5.13 Å². The molecule has 0 saturated carbocycles. The minimum Gasteiger partial charge on any atom is -0.352 e. The molecule has 1 aromatic heterocycles. The zero-order valence-corrected chi connectivity index (χ0v) is 15.9. The van der Waals surface area contributed by atoms with E-state index in [0.29, 0.717) is 11.6 Å². The lowest BCUT2D eigenvalue weighted by Crippen LogP contribution is -2.42. The second-order valence-corrected chi connectivity index (χ2v) is 8.04. The molecule has 3 aromatic rings. The fourth-order valence-corrected chi connectivity index (χ4v) is 4.42. The van der Waals surface area contributed by atoms with Crippen LogP contribution >= 0.6 is 22.9 Å². The van der Waals surface area contributed by atoms with Crippen LogP contribution < -0.4 is 10.2 Å². The zero-order chi connectivity index (χ0) is 17.9. The number of piperidine rings is 1. The van der Waals surface area contributed by atoms with Crippen molar-refractivity contribution in [2.75, 3.05) is 18.0 Å². The number of thiazole rings is 1. The van der Waals surface area contributed by atoms with Gasteiger partial charge in [0.25, 0.3) is 0 Å². The summed E-state index contributed by atoms with van der Waals surface area (Å²) in [7, 11) is 0. The molecule has 6 heteroatoms. The van der Waals surface area contributed by atoms with E-state index in [9.17, 15) is 4.79 Å². The first-order valence-electron chi connectivity index (χ1n) is 8.82. The van der Waals surface area contributed by atoms with Crippen LogP contribution in [0.3, 0.4) is 0 Å². The van der Waals surface area contributed by atoms with Crippen molar-refractivity contribution in [2.45, 2.75) is 19.4 Å². The molecule has 4 rings (SSSR count). The van der Waals surface area contributed by atoms with Gasteiger partial charge in [0, 0.05) is 24.7 Å². The minimum absolute atomic E-state index is 0.00284. The first-order valence-corrected chi connectivity index (χ1v) is 10.0. The molecule has 0 bridgehead atoms. The molecule has 1 aliphatic heterocycles. The highest BCUT2D eigenvalue weighted by atomic mass is 35.5. The Morgan fingerprint density at radius 3 is 2.85 bits per heavy atom. The number of halogens is 1. The maximum atomic E-state index is 12.6. The summed E-state index contributed by atoms with van der Waals surface area (Å²) in [5, 5.41) is 4.78. The Morgan fingerprint density at radius 2 is 2.04 bits per heavy atom. The Balaban J connectivity index is 1.39. The van der Waals surface area contributed by atoms with Crippen molar-refractivity contribution in [1.82, 2.24) is 10.3 Å². The van der Waals surface area contributed by atoms with E-state index in [1.807, 2.05) is 42.5 Å². The van der Waals surface area contributed by atoms with Crippen molar-refractivity contribution in [3.63, 3.8) is 0 Å². The number of rotatable bonds is 4. The lowest BCUT2D eigenvalue weighted by atomic mass is 9.97. The van der Waals surface area contributed by atoms with Gasteiger partial charge in [-0.2, -0.15) is 0 Å². The summed E-state index contributed by atoms with van der Waals surface area (Å²) in [4.78, 5) is 19.6. The van der Waals surface area contributed by atoms with E-state index in [-0.39, 0.29) is 11.8 Å². The summed E-state index contributed by atoms with van der Waals surface area (Å²) >= 11 is 7.60. The Labute approximate surface area is 161 Å². The number of hydrogen-bond acceptors (Lipinski definition) is 4. The van der Waals surface area contributed by atoms with Crippen LogP contribution in [0, 0.1) is 5.92 Å². The first kappa shape index (κ1) is 17.3. The molecule has 2 aromatic carbocycles. The van der Waals surface area contributed by atoms with Gasteiger partial charge < -0.3 is 10.2 Å². The molecule has 1 fully saturated rings. The largest absolute Gasteiger partial charge is 0.352 e. The highest BCUT2D eigenvalue weighted by molar-refractivity contribution is 7.22. The van der Waals surface area contributed by atoms with E-state index in [1.54, 1.807) is 11.3 Å². The normalized spacial score (nSPS) is 17.4. The average molecular weight is 386 g/mol. The van der Waals surface area contributed by atoms with Crippen molar-refractivity contribution < 1.29 is 4.79 Å². The predicted octanol–water partition coefficient (Wildman–Crippen LogP) is 4.48. The number of nitrogens with one attached hydrogen (secondary N) is 1. The fraction of sp³-hybridized carbons (Fsp3) is 0.300. The van der Waals surface area contributed by atoms with Crippen LogP contribution in [0.25, 0.3) is 10.2 Å². The number of carbonyl (C=O) groups is 1. The molecule has 0 radical (unpaired) electrons. The summed E-state index contributed by atoms with van der Waals surface area (Å²) in [5.41, 5.74) is 2.09. The lowest BCUT2D eigenvalue weighted by molar-refractivity contribution is -0.125. The molecule has 1 atom stereocenters. The second-order valence-electron chi connectivity index (χ2n) is 6.59. The third kappa shape index (κ3) is 3.84. The quantitative estimate of drug-likeness (QED) is 0.720. The number of fused-ring (bicyclic) bond motifs is 1. The van der Waals surface area contributed by atoms with Gasteiger partial charge in [0.2, 0.25) is 5.91 Å². The molecule has 1 aliphatic rings. The van der Waals surface area contributed by atoms with Gasteiger partial charge in [0.05, 0.1) is 16.1 Å². The zero-order valence-electron chi connectivity index (χ0n) is 14.3. The van der Waals surface area contributed by atoms with Crippen LogP contribution in [0.5, 0.6) is 0 Å². The molecular weight excluding hydrogens is 366 g/mol. The van der Waals surface area contributed by atoms with E-state index in [1.165, 1.54) is 4.70 Å². The van der Waals surface area contributed by atoms with E-state index in [4.69, 9.17) is 16.6 Å².